The molecule has 0 unspecified atom stereocenters. The number of ether oxygens (including phenoxy) is 1. The van der Waals surface area contributed by atoms with Gasteiger partial charge in [0.1, 0.15) is 11.6 Å². The number of rotatable bonds is 4. The summed E-state index contributed by atoms with van der Waals surface area (Å²) in [4.78, 5) is 0. The van der Waals surface area contributed by atoms with Crippen LogP contribution in [0.3, 0.4) is 0 Å². The van der Waals surface area contributed by atoms with Crippen molar-refractivity contribution in [2.24, 2.45) is 0 Å². The van der Waals surface area contributed by atoms with E-state index in [4.69, 9.17) is 16.3 Å². The van der Waals surface area contributed by atoms with Crippen molar-refractivity contribution in [3.05, 3.63) is 64.4 Å². The van der Waals surface area contributed by atoms with Gasteiger partial charge in [0.2, 0.25) is 0 Å². The van der Waals surface area contributed by atoms with Crippen molar-refractivity contribution in [2.45, 2.75) is 19.8 Å². The Kier molecular flexibility index (Phi) is 5.66. The third-order valence-electron chi connectivity index (χ3n) is 2.89. The first-order chi connectivity index (χ1) is 10.2. The minimum Gasteiger partial charge on any atom is -0.494 e. The zero-order chi connectivity index (χ0) is 15.1. The molecule has 0 heterocycles. The molecule has 0 saturated carbocycles. The maximum Gasteiger partial charge on any atom is 0.140 e. The molecule has 0 fully saturated rings. The van der Waals surface area contributed by atoms with Crippen molar-refractivity contribution in [1.29, 1.82) is 0 Å². The van der Waals surface area contributed by atoms with Gasteiger partial charge >= 0.3 is 0 Å². The van der Waals surface area contributed by atoms with E-state index in [1.807, 2.05) is 24.3 Å². The summed E-state index contributed by atoms with van der Waals surface area (Å²) in [5, 5.41) is 0.367. The quantitative estimate of drug-likeness (QED) is 0.567. The van der Waals surface area contributed by atoms with Crippen molar-refractivity contribution in [1.82, 2.24) is 0 Å². The molecule has 0 bridgehead atoms. The number of unbranched alkanes of at least 4 members (excludes halogenated alkanes) is 1. The Hall–Kier alpha value is -1.98. The standard InChI is InChI=1S/C18H16ClFO/c1-2-3-12-21-17-10-5-14(6-11-17)4-7-15-8-9-16(19)13-18(15)20/h5-6,8-11,13H,2-3,12H2,1H3. The van der Waals surface area contributed by atoms with Crippen LogP contribution < -0.4 is 4.74 Å². The van der Waals surface area contributed by atoms with Crippen molar-refractivity contribution in [3.8, 4) is 17.6 Å². The third kappa shape index (κ3) is 4.81. The van der Waals surface area contributed by atoms with E-state index in [1.165, 1.54) is 6.07 Å². The summed E-state index contributed by atoms with van der Waals surface area (Å²) >= 11 is 5.70. The maximum atomic E-state index is 13.6. The zero-order valence-electron chi connectivity index (χ0n) is 11.8. The number of hydrogen-bond acceptors (Lipinski definition) is 1. The van der Waals surface area contributed by atoms with Crippen LogP contribution in [0.15, 0.2) is 42.5 Å². The van der Waals surface area contributed by atoms with Gasteiger partial charge in [0.25, 0.3) is 0 Å². The van der Waals surface area contributed by atoms with Crippen LogP contribution in [-0.2, 0) is 0 Å². The summed E-state index contributed by atoms with van der Waals surface area (Å²) in [6.07, 6.45) is 2.15. The molecule has 3 heteroatoms. The zero-order valence-corrected chi connectivity index (χ0v) is 12.6. The van der Waals surface area contributed by atoms with Crippen LogP contribution in [0.25, 0.3) is 0 Å². The van der Waals surface area contributed by atoms with Gasteiger partial charge in [-0.2, -0.15) is 0 Å². The SMILES string of the molecule is CCCCOc1ccc(C#Cc2ccc(Cl)cc2F)cc1. The lowest BCUT2D eigenvalue weighted by Crippen LogP contribution is -1.95. The van der Waals surface area contributed by atoms with Crippen LogP contribution in [0.4, 0.5) is 4.39 Å². The van der Waals surface area contributed by atoms with E-state index in [0.29, 0.717) is 10.6 Å². The van der Waals surface area contributed by atoms with E-state index in [0.717, 1.165) is 30.8 Å². The van der Waals surface area contributed by atoms with Gasteiger partial charge in [0.15, 0.2) is 0 Å². The molecule has 21 heavy (non-hydrogen) atoms. The molecule has 1 nitrogen and oxygen atoms in total. The van der Waals surface area contributed by atoms with Crippen LogP contribution in [0.1, 0.15) is 30.9 Å². The molecule has 2 aromatic rings. The topological polar surface area (TPSA) is 9.23 Å². The number of hydrogen-bond donors (Lipinski definition) is 0. The smallest absolute Gasteiger partial charge is 0.140 e. The Morgan fingerprint density at radius 1 is 1.10 bits per heavy atom. The van der Waals surface area contributed by atoms with E-state index < -0.39 is 5.82 Å². The average molecular weight is 303 g/mol. The average Bonchev–Trinajstić information content (AvgIpc) is 2.48. The van der Waals surface area contributed by atoms with Gasteiger partial charge in [-0.25, -0.2) is 4.39 Å². The molecule has 0 radical (unpaired) electrons. The summed E-state index contributed by atoms with van der Waals surface area (Å²) in [7, 11) is 0. The normalized spacial score (nSPS) is 9.86. The first-order valence-electron chi connectivity index (χ1n) is 6.89. The lowest BCUT2D eigenvalue weighted by molar-refractivity contribution is 0.309. The molecular formula is C18H16ClFO. The highest BCUT2D eigenvalue weighted by Gasteiger charge is 1.99. The Balaban J connectivity index is 2.05. The second-order valence-corrected chi connectivity index (χ2v) is 5.04. The Morgan fingerprint density at radius 2 is 1.86 bits per heavy atom. The Bertz CT molecular complexity index is 653. The highest BCUT2D eigenvalue weighted by atomic mass is 35.5. The third-order valence-corrected chi connectivity index (χ3v) is 3.13. The predicted octanol–water partition coefficient (Wildman–Crippen LogP) is 5.06. The first kappa shape index (κ1) is 15.4. The van der Waals surface area contributed by atoms with Gasteiger partial charge in [-0.1, -0.05) is 36.8 Å². The van der Waals surface area contributed by atoms with Crippen LogP contribution in [0.2, 0.25) is 5.02 Å². The fourth-order valence-corrected chi connectivity index (χ4v) is 1.86. The highest BCUT2D eigenvalue weighted by molar-refractivity contribution is 6.30. The lowest BCUT2D eigenvalue weighted by Gasteiger charge is -2.04. The molecule has 0 N–H and O–H groups in total. The van der Waals surface area contributed by atoms with Crippen LogP contribution in [0, 0.1) is 17.7 Å². The fraction of sp³-hybridized carbons (Fsp3) is 0.222. The van der Waals surface area contributed by atoms with Crippen LogP contribution in [-0.4, -0.2) is 6.61 Å². The van der Waals surface area contributed by atoms with E-state index in [2.05, 4.69) is 18.8 Å². The van der Waals surface area contributed by atoms with Gasteiger partial charge in [-0.15, -0.1) is 0 Å². The number of halogens is 2. The minimum atomic E-state index is -0.408. The number of benzene rings is 2. The molecular weight excluding hydrogens is 287 g/mol. The molecule has 0 aliphatic heterocycles. The monoisotopic (exact) mass is 302 g/mol. The van der Waals surface area contributed by atoms with Crippen LogP contribution >= 0.6 is 11.6 Å². The predicted molar refractivity (Wildman–Crippen MR) is 84.2 cm³/mol. The summed E-state index contributed by atoms with van der Waals surface area (Å²) in [5.74, 6) is 6.15. The first-order valence-corrected chi connectivity index (χ1v) is 7.27. The molecule has 0 saturated heterocycles. The Labute approximate surface area is 129 Å². The molecule has 0 atom stereocenters. The van der Waals surface area contributed by atoms with Gasteiger partial charge in [-0.05, 0) is 48.9 Å². The molecule has 0 aliphatic carbocycles. The molecule has 2 rings (SSSR count). The maximum absolute atomic E-state index is 13.6. The summed E-state index contributed by atoms with van der Waals surface area (Å²) in [5.41, 5.74) is 1.15. The van der Waals surface area contributed by atoms with Crippen molar-refractivity contribution < 1.29 is 9.13 Å². The van der Waals surface area contributed by atoms with Gasteiger partial charge in [0, 0.05) is 10.6 Å². The van der Waals surface area contributed by atoms with Crippen molar-refractivity contribution >= 4 is 11.6 Å². The molecule has 2 aromatic carbocycles. The van der Waals surface area contributed by atoms with E-state index in [1.54, 1.807) is 12.1 Å². The Morgan fingerprint density at radius 3 is 2.52 bits per heavy atom. The molecule has 0 spiro atoms. The second-order valence-electron chi connectivity index (χ2n) is 4.60. The summed E-state index contributed by atoms with van der Waals surface area (Å²) in [6, 6.07) is 11.9. The molecule has 0 aromatic heterocycles. The van der Waals surface area contributed by atoms with Gasteiger partial charge in [0.05, 0.1) is 12.2 Å². The molecule has 108 valence electrons. The molecule has 0 amide bonds. The summed E-state index contributed by atoms with van der Waals surface area (Å²) in [6.45, 7) is 2.84. The van der Waals surface area contributed by atoms with E-state index in [-0.39, 0.29) is 0 Å². The van der Waals surface area contributed by atoms with E-state index >= 15 is 0 Å². The fourth-order valence-electron chi connectivity index (χ4n) is 1.70. The highest BCUT2D eigenvalue weighted by Crippen LogP contribution is 2.15. The largest absolute Gasteiger partial charge is 0.494 e. The minimum absolute atomic E-state index is 0.336. The van der Waals surface area contributed by atoms with E-state index in [9.17, 15) is 4.39 Å². The van der Waals surface area contributed by atoms with Crippen molar-refractivity contribution in [2.75, 3.05) is 6.61 Å². The molecule has 0 aliphatic rings. The van der Waals surface area contributed by atoms with Gasteiger partial charge in [-0.3, -0.25) is 0 Å². The van der Waals surface area contributed by atoms with Crippen molar-refractivity contribution in [3.63, 3.8) is 0 Å². The lowest BCUT2D eigenvalue weighted by atomic mass is 10.1. The van der Waals surface area contributed by atoms with Gasteiger partial charge < -0.3 is 4.74 Å². The summed E-state index contributed by atoms with van der Waals surface area (Å²) < 4.78 is 19.2. The van der Waals surface area contributed by atoms with Crippen LogP contribution in [0.5, 0.6) is 5.75 Å². The second kappa shape index (κ2) is 7.71.